The molecule has 0 spiro atoms. The maximum absolute atomic E-state index is 14.7. The van der Waals surface area contributed by atoms with Crippen LogP contribution in [-0.2, 0) is 35.2 Å². The molecule has 7 N–H and O–H groups in total. The van der Waals surface area contributed by atoms with Crippen LogP contribution in [0.1, 0.15) is 157 Å². The van der Waals surface area contributed by atoms with Crippen LogP contribution in [0.25, 0.3) is 0 Å². The van der Waals surface area contributed by atoms with Gasteiger partial charge < -0.3 is 42.1 Å². The summed E-state index contributed by atoms with van der Waals surface area (Å²) in [7, 11) is 3.30. The van der Waals surface area contributed by atoms with Crippen molar-refractivity contribution in [3.05, 3.63) is 107 Å². The van der Waals surface area contributed by atoms with Crippen molar-refractivity contribution in [2.75, 3.05) is 20.6 Å². The summed E-state index contributed by atoms with van der Waals surface area (Å²) in [6, 6.07) is 18.3. The van der Waals surface area contributed by atoms with Gasteiger partial charge >= 0.3 is 0 Å². The van der Waals surface area contributed by atoms with E-state index < -0.39 is 70.7 Å². The Morgan fingerprint density at radius 2 is 1.25 bits per heavy atom. The van der Waals surface area contributed by atoms with Crippen LogP contribution in [0.3, 0.4) is 0 Å². The number of aryl methyl sites for hydroxylation is 1. The minimum atomic E-state index is -1.04. The number of ketones is 2. The minimum absolute atomic E-state index is 0.00255. The van der Waals surface area contributed by atoms with E-state index >= 15 is 0 Å². The lowest BCUT2D eigenvalue weighted by atomic mass is 9.85. The Bertz CT molecular complexity index is 2450. The van der Waals surface area contributed by atoms with Gasteiger partial charge in [-0.05, 0) is 113 Å². The maximum Gasteiger partial charge on any atom is 0.246 e. The fourth-order valence-electron chi connectivity index (χ4n) is 9.54. The number of carbonyl (C=O) groups is 8. The lowest BCUT2D eigenvalue weighted by Gasteiger charge is -2.36. The number of hydrogen-bond acceptors (Lipinski definition) is 10. The van der Waals surface area contributed by atoms with E-state index in [4.69, 9.17) is 0 Å². The van der Waals surface area contributed by atoms with E-state index in [1.165, 1.54) is 10.5 Å². The molecule has 0 saturated carbocycles. The van der Waals surface area contributed by atoms with Crippen LogP contribution >= 0.6 is 0 Å². The fourth-order valence-corrected chi connectivity index (χ4v) is 9.54. The molecule has 2 aliphatic rings. The van der Waals surface area contributed by atoms with Gasteiger partial charge in [0.25, 0.3) is 0 Å². The summed E-state index contributed by atoms with van der Waals surface area (Å²) in [4.78, 5) is 113. The molecule has 16 heteroatoms. The SMILES string of the molecule is CN[C@@H](C)C(=O)N[C@H](C(=O)N[C@@H](CCCC(=O)c1cccc(C(=O)C[C@H]2C[C@@H](C(=O)N[C@@H]3CCCc4ccccc43)N(C(=O)[C@@H](NC(=O)[C@H](C)NC)C(C)(C)C)C2)c1)C(=O)N[C@H](C)c1ccccc1)C(C)(C)C. The van der Waals surface area contributed by atoms with E-state index in [-0.39, 0.29) is 80.0 Å². The number of hydrogen-bond donors (Lipinski definition) is 7. The molecular weight excluding hydrogens is 925 g/mol. The van der Waals surface area contributed by atoms with Crippen molar-refractivity contribution < 1.29 is 38.4 Å². The van der Waals surface area contributed by atoms with Crippen molar-refractivity contribution in [3.8, 4) is 0 Å². The number of carbonyl (C=O) groups excluding carboxylic acids is 8. The van der Waals surface area contributed by atoms with Gasteiger partial charge in [-0.25, -0.2) is 0 Å². The van der Waals surface area contributed by atoms with E-state index in [1.807, 2.05) is 97.0 Å². The summed E-state index contributed by atoms with van der Waals surface area (Å²) in [5.74, 6) is -3.35. The lowest BCUT2D eigenvalue weighted by Crippen LogP contribution is -2.59. The molecule has 9 atom stereocenters. The summed E-state index contributed by atoms with van der Waals surface area (Å²) >= 11 is 0. The van der Waals surface area contributed by atoms with Crippen molar-refractivity contribution in [1.29, 1.82) is 0 Å². The first-order chi connectivity index (χ1) is 34.4. The average Bonchev–Trinajstić information content (AvgIpc) is 3.79. The van der Waals surface area contributed by atoms with Gasteiger partial charge in [0.05, 0.1) is 24.2 Å². The highest BCUT2D eigenvalue weighted by molar-refractivity contribution is 6.02. The number of nitrogens with one attached hydrogen (secondary N) is 7. The zero-order chi connectivity index (χ0) is 53.8. The number of Topliss-reactive ketones (excluding diaryl/α,β-unsaturated/α-hetero) is 2. The molecule has 1 aliphatic heterocycles. The molecule has 0 aromatic heterocycles. The number of benzene rings is 3. The van der Waals surface area contributed by atoms with Crippen molar-refractivity contribution in [3.63, 3.8) is 0 Å². The topological polar surface area (TPSA) is 224 Å². The van der Waals surface area contributed by atoms with Crippen LogP contribution in [0.4, 0.5) is 0 Å². The lowest BCUT2D eigenvalue weighted by molar-refractivity contribution is -0.144. The van der Waals surface area contributed by atoms with Gasteiger partial charge in [0, 0.05) is 30.5 Å². The summed E-state index contributed by atoms with van der Waals surface area (Å²) in [5, 5.41) is 20.7. The Morgan fingerprint density at radius 3 is 1.86 bits per heavy atom. The highest BCUT2D eigenvalue weighted by Crippen LogP contribution is 2.34. The first-order valence-electron chi connectivity index (χ1n) is 25.9. The molecule has 1 heterocycles. The van der Waals surface area contributed by atoms with Crippen molar-refractivity contribution in [1.82, 2.24) is 42.1 Å². The highest BCUT2D eigenvalue weighted by atomic mass is 16.2. The zero-order valence-corrected chi connectivity index (χ0v) is 44.8. The van der Waals surface area contributed by atoms with E-state index in [9.17, 15) is 38.4 Å². The molecule has 396 valence electrons. The van der Waals surface area contributed by atoms with Crippen molar-refractivity contribution >= 4 is 47.0 Å². The van der Waals surface area contributed by atoms with E-state index in [1.54, 1.807) is 52.2 Å². The molecule has 3 aromatic rings. The van der Waals surface area contributed by atoms with Crippen LogP contribution in [0, 0.1) is 16.7 Å². The van der Waals surface area contributed by atoms with Crippen LogP contribution < -0.4 is 37.2 Å². The number of likely N-dealkylation sites (N-methyl/N-ethyl adjacent to an activating group) is 2. The van der Waals surface area contributed by atoms with Gasteiger partial charge in [-0.15, -0.1) is 0 Å². The smallest absolute Gasteiger partial charge is 0.246 e. The largest absolute Gasteiger partial charge is 0.348 e. The highest BCUT2D eigenvalue weighted by Gasteiger charge is 2.46. The summed E-state index contributed by atoms with van der Waals surface area (Å²) in [6.45, 7) is 16.4. The molecule has 0 bridgehead atoms. The Hall–Kier alpha value is -6.26. The second kappa shape index (κ2) is 25.6. The molecule has 1 aliphatic carbocycles. The average molecular weight is 1010 g/mol. The van der Waals surface area contributed by atoms with E-state index in [0.717, 1.165) is 30.4 Å². The molecule has 1 fully saturated rings. The Kier molecular flexibility index (Phi) is 20.2. The summed E-state index contributed by atoms with van der Waals surface area (Å²) < 4.78 is 0. The van der Waals surface area contributed by atoms with Gasteiger partial charge in [-0.3, -0.25) is 38.4 Å². The monoisotopic (exact) mass is 1000 g/mol. The number of fused-ring (bicyclic) bond motifs is 1. The quantitative estimate of drug-likeness (QED) is 0.0612. The Balaban J connectivity index is 1.31. The molecule has 0 unspecified atom stereocenters. The molecule has 0 radical (unpaired) electrons. The molecule has 3 aromatic carbocycles. The Morgan fingerprint density at radius 1 is 0.658 bits per heavy atom. The summed E-state index contributed by atoms with van der Waals surface area (Å²) in [6.07, 6.45) is 3.11. The van der Waals surface area contributed by atoms with E-state index in [0.29, 0.717) is 11.1 Å². The second-order valence-electron chi connectivity index (χ2n) is 22.1. The second-order valence-corrected chi connectivity index (χ2v) is 22.1. The third-order valence-corrected chi connectivity index (χ3v) is 14.3. The number of likely N-dealkylation sites (tertiary alicyclic amines) is 1. The van der Waals surface area contributed by atoms with Gasteiger partial charge in [0.2, 0.25) is 35.4 Å². The first kappa shape index (κ1) is 57.6. The third kappa shape index (κ3) is 15.6. The van der Waals surface area contributed by atoms with Crippen LogP contribution in [-0.4, -0.2) is 109 Å². The van der Waals surface area contributed by atoms with Gasteiger partial charge in [-0.2, -0.15) is 0 Å². The maximum atomic E-state index is 14.7. The predicted octanol–water partition coefficient (Wildman–Crippen LogP) is 5.66. The Labute approximate surface area is 432 Å². The molecule has 73 heavy (non-hydrogen) atoms. The van der Waals surface area contributed by atoms with Crippen LogP contribution in [0.5, 0.6) is 0 Å². The van der Waals surface area contributed by atoms with Crippen LogP contribution in [0.2, 0.25) is 0 Å². The van der Waals surface area contributed by atoms with Crippen LogP contribution in [0.15, 0.2) is 78.9 Å². The predicted molar refractivity (Wildman–Crippen MR) is 282 cm³/mol. The minimum Gasteiger partial charge on any atom is -0.348 e. The zero-order valence-electron chi connectivity index (χ0n) is 44.8. The van der Waals surface area contributed by atoms with Crippen molar-refractivity contribution in [2.45, 2.75) is 162 Å². The third-order valence-electron chi connectivity index (χ3n) is 14.3. The molecular formula is C57H80N8O8. The van der Waals surface area contributed by atoms with Gasteiger partial charge in [-0.1, -0.05) is 114 Å². The van der Waals surface area contributed by atoms with E-state index in [2.05, 4.69) is 43.3 Å². The number of amides is 6. The summed E-state index contributed by atoms with van der Waals surface area (Å²) in [5.41, 5.74) is 2.27. The van der Waals surface area contributed by atoms with Gasteiger partial charge in [0.15, 0.2) is 11.6 Å². The number of rotatable bonds is 22. The molecule has 5 rings (SSSR count). The first-order valence-corrected chi connectivity index (χ1v) is 25.9. The number of nitrogens with zero attached hydrogens (tertiary/aromatic N) is 1. The molecule has 16 nitrogen and oxygen atoms in total. The normalized spacial score (nSPS) is 19.2. The molecule has 6 amide bonds. The standard InChI is InChI=1S/C57H80N8O8/c1-34(38-20-13-12-14-21-38)60-52(70)44(62-54(72)48(56(4,5)6)63-50(68)35(2)58-10)28-19-29-46(66)40-24-17-25-41(32-40)47(67)31-37-30-45(53(71)61-43-27-18-23-39-22-15-16-26-42(39)43)65(33-37)55(73)49(57(7,8)9)64-51(69)36(3)59-11/h12-17,20-22,24-26,32,34-37,43-45,48-49,58-59H,18-19,23,27-31,33H2,1-11H3,(H,60,70)(H,61,71)(H,62,72)(H,63,68)(H,64,69)/t34-,35+,36+,37-,43-,44+,45+,48-,49-/m1/s1. The van der Waals surface area contributed by atoms with Gasteiger partial charge in [0.1, 0.15) is 24.2 Å². The molecule has 1 saturated heterocycles. The fraction of sp³-hybridized carbons (Fsp3) is 0.544. The van der Waals surface area contributed by atoms with Crippen molar-refractivity contribution in [2.24, 2.45) is 16.7 Å².